The number of hydrogen-bond acceptors (Lipinski definition) is 4. The van der Waals surface area contributed by atoms with Crippen molar-refractivity contribution in [1.82, 2.24) is 19.7 Å². The van der Waals surface area contributed by atoms with E-state index < -0.39 is 5.54 Å². The molecule has 2 fully saturated rings. The van der Waals surface area contributed by atoms with E-state index in [9.17, 15) is 9.59 Å². The van der Waals surface area contributed by atoms with Crippen LogP contribution in [0.1, 0.15) is 88.0 Å². The first-order chi connectivity index (χ1) is 16.5. The summed E-state index contributed by atoms with van der Waals surface area (Å²) in [6.07, 6.45) is 13.4. The molecule has 186 valence electrons. The van der Waals surface area contributed by atoms with Crippen molar-refractivity contribution in [1.29, 1.82) is 0 Å². The van der Waals surface area contributed by atoms with Crippen LogP contribution in [-0.2, 0) is 11.3 Å². The first-order valence-corrected chi connectivity index (χ1v) is 14.3. The van der Waals surface area contributed by atoms with Crippen molar-refractivity contribution in [3.05, 3.63) is 23.2 Å². The molecule has 1 atom stereocenters. The average molecular weight is 485 g/mol. The van der Waals surface area contributed by atoms with Gasteiger partial charge >= 0.3 is 0 Å². The maximum Gasteiger partial charge on any atom is 0.271 e. The summed E-state index contributed by atoms with van der Waals surface area (Å²) in [5.74, 6) is 0.000935. The number of hydrogen-bond donors (Lipinski definition) is 1. The van der Waals surface area contributed by atoms with Crippen molar-refractivity contribution in [3.63, 3.8) is 0 Å². The molecule has 2 amide bonds. The molecule has 1 aliphatic heterocycles. The zero-order valence-corrected chi connectivity index (χ0v) is 21.7. The van der Waals surface area contributed by atoms with Gasteiger partial charge in [0.1, 0.15) is 11.2 Å². The minimum absolute atomic E-state index is 0.00906. The standard InChI is InChI=1S/C27H40N4O2S/c1-27(26(33)28-20-10-6-3-4-7-11-20)19-30-22-14-17-34-24(22)18-23(30)25(32)31(27)16-15-29(2)21-12-8-5-9-13-21/h14,17-18,20-21H,3-13,15-16,19H2,1-2H3,(H,28,33)/t27-/m0/s1. The van der Waals surface area contributed by atoms with Gasteiger partial charge in [-0.3, -0.25) is 9.59 Å². The van der Waals surface area contributed by atoms with Gasteiger partial charge in [0.2, 0.25) is 5.91 Å². The van der Waals surface area contributed by atoms with Crippen molar-refractivity contribution in [2.24, 2.45) is 0 Å². The lowest BCUT2D eigenvalue weighted by Gasteiger charge is -2.45. The molecular formula is C27H40N4O2S. The second kappa shape index (κ2) is 10.0. The van der Waals surface area contributed by atoms with Crippen LogP contribution in [0.4, 0.5) is 0 Å². The predicted molar refractivity (Wildman–Crippen MR) is 138 cm³/mol. The van der Waals surface area contributed by atoms with Crippen LogP contribution in [0.15, 0.2) is 17.5 Å². The van der Waals surface area contributed by atoms with Crippen LogP contribution in [0.5, 0.6) is 0 Å². The third-order valence-corrected chi connectivity index (χ3v) is 9.46. The van der Waals surface area contributed by atoms with Crippen LogP contribution in [-0.4, -0.2) is 63.9 Å². The van der Waals surface area contributed by atoms with E-state index in [0.717, 1.165) is 35.3 Å². The summed E-state index contributed by atoms with van der Waals surface area (Å²) < 4.78 is 3.21. The van der Waals surface area contributed by atoms with Gasteiger partial charge < -0.3 is 19.7 Å². The summed E-state index contributed by atoms with van der Waals surface area (Å²) in [6, 6.07) is 4.91. The third-order valence-electron chi connectivity index (χ3n) is 8.60. The zero-order valence-electron chi connectivity index (χ0n) is 20.9. The molecule has 2 aromatic rings. The number of aromatic nitrogens is 1. The Bertz CT molecular complexity index is 1020. The molecule has 3 aliphatic rings. The highest BCUT2D eigenvalue weighted by Crippen LogP contribution is 2.35. The van der Waals surface area contributed by atoms with Crippen molar-refractivity contribution in [2.75, 3.05) is 20.1 Å². The Morgan fingerprint density at radius 1 is 1.12 bits per heavy atom. The Labute approximate surface area is 207 Å². The fraction of sp³-hybridized carbons (Fsp3) is 0.704. The van der Waals surface area contributed by atoms with Crippen LogP contribution in [0, 0.1) is 0 Å². The van der Waals surface area contributed by atoms with Crippen LogP contribution < -0.4 is 5.32 Å². The molecule has 7 heteroatoms. The molecule has 0 spiro atoms. The van der Waals surface area contributed by atoms with Gasteiger partial charge in [-0.15, -0.1) is 11.3 Å². The van der Waals surface area contributed by atoms with Crippen molar-refractivity contribution in [2.45, 2.75) is 102 Å². The summed E-state index contributed by atoms with van der Waals surface area (Å²) in [5, 5.41) is 5.44. The monoisotopic (exact) mass is 484 g/mol. The van der Waals surface area contributed by atoms with Gasteiger partial charge in [0, 0.05) is 25.2 Å². The highest BCUT2D eigenvalue weighted by atomic mass is 32.1. The smallest absolute Gasteiger partial charge is 0.271 e. The number of rotatable bonds is 6. The average Bonchev–Trinajstić information content (AvgIpc) is 3.33. The van der Waals surface area contributed by atoms with Crippen LogP contribution in [0.3, 0.4) is 0 Å². The molecule has 6 nitrogen and oxygen atoms in total. The molecule has 0 radical (unpaired) electrons. The zero-order chi connectivity index (χ0) is 23.7. The molecule has 0 saturated heterocycles. The first kappa shape index (κ1) is 23.9. The van der Waals surface area contributed by atoms with E-state index in [4.69, 9.17) is 0 Å². The number of fused-ring (bicyclic) bond motifs is 3. The lowest BCUT2D eigenvalue weighted by molar-refractivity contribution is -0.133. The minimum atomic E-state index is -0.891. The number of likely N-dealkylation sites (N-methyl/N-ethyl adjacent to an activating group) is 1. The SMILES string of the molecule is CN(CCN1C(=O)c2cc3sccc3n2C[C@@]1(C)C(=O)NC1CCCCCC1)C1CCCCC1. The molecule has 34 heavy (non-hydrogen) atoms. The Kier molecular flexibility index (Phi) is 7.03. The fourth-order valence-electron chi connectivity index (χ4n) is 6.35. The van der Waals surface area contributed by atoms with Crippen LogP contribution in [0.2, 0.25) is 0 Å². The van der Waals surface area contributed by atoms with E-state index in [1.54, 1.807) is 11.3 Å². The molecule has 5 rings (SSSR count). The fourth-order valence-corrected chi connectivity index (χ4v) is 7.17. The number of nitrogens with zero attached hydrogens (tertiary/aromatic N) is 3. The number of nitrogens with one attached hydrogen (secondary N) is 1. The van der Waals surface area contributed by atoms with E-state index in [0.29, 0.717) is 19.1 Å². The summed E-state index contributed by atoms with van der Waals surface area (Å²) in [5.41, 5.74) is 0.903. The molecule has 2 aliphatic carbocycles. The van der Waals surface area contributed by atoms with Crippen LogP contribution >= 0.6 is 11.3 Å². The topological polar surface area (TPSA) is 57.6 Å². The van der Waals surface area contributed by atoms with Gasteiger partial charge in [-0.25, -0.2) is 0 Å². The maximum absolute atomic E-state index is 13.9. The first-order valence-electron chi connectivity index (χ1n) is 13.4. The molecule has 0 unspecified atom stereocenters. The lowest BCUT2D eigenvalue weighted by atomic mass is 9.93. The number of carbonyl (C=O) groups excluding carboxylic acids is 2. The Morgan fingerprint density at radius 2 is 1.79 bits per heavy atom. The number of carbonyl (C=O) groups is 2. The highest BCUT2D eigenvalue weighted by molar-refractivity contribution is 7.17. The molecule has 1 N–H and O–H groups in total. The Morgan fingerprint density at radius 3 is 2.53 bits per heavy atom. The van der Waals surface area contributed by atoms with E-state index in [-0.39, 0.29) is 17.9 Å². The van der Waals surface area contributed by atoms with Crippen LogP contribution in [0.25, 0.3) is 10.2 Å². The summed E-state index contributed by atoms with van der Waals surface area (Å²) in [4.78, 5) is 32.0. The van der Waals surface area contributed by atoms with E-state index >= 15 is 0 Å². The van der Waals surface area contributed by atoms with Crippen molar-refractivity contribution >= 4 is 33.4 Å². The minimum Gasteiger partial charge on any atom is -0.351 e. The Hall–Kier alpha value is -1.86. The molecular weight excluding hydrogens is 444 g/mol. The third kappa shape index (κ3) is 4.53. The second-order valence-electron chi connectivity index (χ2n) is 11.0. The largest absolute Gasteiger partial charge is 0.351 e. The van der Waals surface area contributed by atoms with E-state index in [1.165, 1.54) is 57.8 Å². The summed E-state index contributed by atoms with van der Waals surface area (Å²) in [6.45, 7) is 3.88. The van der Waals surface area contributed by atoms with E-state index in [2.05, 4.69) is 33.3 Å². The predicted octanol–water partition coefficient (Wildman–Crippen LogP) is 5.02. The van der Waals surface area contributed by atoms with Crippen molar-refractivity contribution in [3.8, 4) is 0 Å². The van der Waals surface area contributed by atoms with Gasteiger partial charge in [-0.05, 0) is 57.2 Å². The Balaban J connectivity index is 1.40. The van der Waals surface area contributed by atoms with Crippen molar-refractivity contribution < 1.29 is 9.59 Å². The maximum atomic E-state index is 13.9. The van der Waals surface area contributed by atoms with Gasteiger partial charge in [0.05, 0.1) is 16.8 Å². The summed E-state index contributed by atoms with van der Waals surface area (Å²) in [7, 11) is 2.19. The lowest BCUT2D eigenvalue weighted by Crippen LogP contribution is -2.65. The highest BCUT2D eigenvalue weighted by Gasteiger charge is 2.48. The van der Waals surface area contributed by atoms with Gasteiger partial charge in [0.25, 0.3) is 5.91 Å². The van der Waals surface area contributed by atoms with E-state index in [1.807, 2.05) is 17.9 Å². The molecule has 0 aromatic carbocycles. The molecule has 2 aromatic heterocycles. The second-order valence-corrected chi connectivity index (χ2v) is 11.9. The quantitative estimate of drug-likeness (QED) is 0.586. The number of amides is 2. The van der Waals surface area contributed by atoms with Gasteiger partial charge in [-0.1, -0.05) is 44.9 Å². The summed E-state index contributed by atoms with van der Waals surface area (Å²) >= 11 is 1.66. The van der Waals surface area contributed by atoms with Gasteiger partial charge in [0.15, 0.2) is 0 Å². The molecule has 0 bridgehead atoms. The molecule has 3 heterocycles. The molecule has 2 saturated carbocycles. The van der Waals surface area contributed by atoms with Gasteiger partial charge in [-0.2, -0.15) is 0 Å². The normalized spacial score (nSPS) is 25.0. The number of thiophene rings is 1.